The average Bonchev–Trinajstić information content (AvgIpc) is 2.79. The Kier molecular flexibility index (Phi) is 4.33. The first-order valence-corrected chi connectivity index (χ1v) is 6.08. The summed E-state index contributed by atoms with van der Waals surface area (Å²) >= 11 is 0. The molecule has 90 valence electrons. The van der Waals surface area contributed by atoms with Gasteiger partial charge in [-0.05, 0) is 25.5 Å². The molecule has 0 spiro atoms. The summed E-state index contributed by atoms with van der Waals surface area (Å²) in [5.41, 5.74) is 1.41. The van der Waals surface area contributed by atoms with Crippen LogP contribution in [0.25, 0.3) is 0 Å². The van der Waals surface area contributed by atoms with Crippen LogP contribution in [0.3, 0.4) is 0 Å². The van der Waals surface area contributed by atoms with E-state index in [0.29, 0.717) is 0 Å². The zero-order chi connectivity index (χ0) is 11.9. The molecular weight excluding hydrogens is 210 g/mol. The minimum absolute atomic E-state index is 0.832. The highest BCUT2D eigenvalue weighted by Gasteiger charge is 2.00. The number of hydrogen-bond donors (Lipinski definition) is 1. The molecule has 1 heterocycles. The fourth-order valence-corrected chi connectivity index (χ4v) is 1.97. The van der Waals surface area contributed by atoms with Gasteiger partial charge >= 0.3 is 0 Å². The van der Waals surface area contributed by atoms with Crippen molar-refractivity contribution in [2.24, 2.45) is 0 Å². The molecule has 0 aliphatic heterocycles. The summed E-state index contributed by atoms with van der Waals surface area (Å²) in [5.74, 6) is 1.11. The molecule has 0 bridgehead atoms. The number of imidazole rings is 1. The number of aryl methyl sites for hydroxylation is 2. The van der Waals surface area contributed by atoms with E-state index in [1.165, 1.54) is 5.56 Å². The van der Waals surface area contributed by atoms with Gasteiger partial charge in [-0.2, -0.15) is 0 Å². The molecule has 0 aliphatic rings. The van der Waals surface area contributed by atoms with Crippen molar-refractivity contribution in [2.45, 2.75) is 25.9 Å². The van der Waals surface area contributed by atoms with Gasteiger partial charge in [-0.25, -0.2) is 4.98 Å². The van der Waals surface area contributed by atoms with Crippen molar-refractivity contribution in [3.63, 3.8) is 0 Å². The monoisotopic (exact) mass is 229 g/mol. The Morgan fingerprint density at radius 2 is 2.06 bits per heavy atom. The smallest absolute Gasteiger partial charge is 0.122 e. The van der Waals surface area contributed by atoms with E-state index in [9.17, 15) is 0 Å². The van der Waals surface area contributed by atoms with E-state index < -0.39 is 0 Å². The number of nitrogens with one attached hydrogen (secondary N) is 1. The third kappa shape index (κ3) is 3.43. The predicted octanol–water partition coefficient (Wildman–Crippen LogP) is 2.24. The van der Waals surface area contributed by atoms with Crippen molar-refractivity contribution < 1.29 is 0 Å². The lowest BCUT2D eigenvalue weighted by molar-refractivity contribution is 0.594. The van der Waals surface area contributed by atoms with Gasteiger partial charge in [0.2, 0.25) is 0 Å². The van der Waals surface area contributed by atoms with Gasteiger partial charge in [0, 0.05) is 18.9 Å². The molecule has 3 heteroatoms. The van der Waals surface area contributed by atoms with Crippen LogP contribution in [0.2, 0.25) is 0 Å². The van der Waals surface area contributed by atoms with E-state index in [0.717, 1.165) is 31.8 Å². The molecule has 0 aliphatic carbocycles. The highest BCUT2D eigenvalue weighted by Crippen LogP contribution is 2.05. The van der Waals surface area contributed by atoms with E-state index in [4.69, 9.17) is 0 Å². The molecule has 17 heavy (non-hydrogen) atoms. The minimum atomic E-state index is 0.832. The number of rotatable bonds is 6. The van der Waals surface area contributed by atoms with Crippen LogP contribution in [0.4, 0.5) is 0 Å². The summed E-state index contributed by atoms with van der Waals surface area (Å²) in [6.45, 7) is 1.87. The molecule has 0 saturated carbocycles. The summed E-state index contributed by atoms with van der Waals surface area (Å²) in [7, 11) is 1.95. The Bertz CT molecular complexity index is 434. The van der Waals surface area contributed by atoms with Crippen molar-refractivity contribution in [1.29, 1.82) is 0 Å². The summed E-state index contributed by atoms with van der Waals surface area (Å²) < 4.78 is 2.22. The highest BCUT2D eigenvalue weighted by atomic mass is 15.1. The van der Waals surface area contributed by atoms with Gasteiger partial charge in [-0.1, -0.05) is 30.3 Å². The van der Waals surface area contributed by atoms with Crippen molar-refractivity contribution >= 4 is 0 Å². The SMILES string of the molecule is CNCc1nccn1CCCc1ccccc1. The van der Waals surface area contributed by atoms with E-state index in [-0.39, 0.29) is 0 Å². The molecule has 3 nitrogen and oxygen atoms in total. The second-order valence-corrected chi connectivity index (χ2v) is 4.16. The Morgan fingerprint density at radius 3 is 2.82 bits per heavy atom. The zero-order valence-electron chi connectivity index (χ0n) is 10.3. The molecule has 1 N–H and O–H groups in total. The van der Waals surface area contributed by atoms with Crippen molar-refractivity contribution in [3.8, 4) is 0 Å². The first kappa shape index (κ1) is 11.9. The number of nitrogens with zero attached hydrogens (tertiary/aromatic N) is 2. The molecular formula is C14H19N3. The number of benzene rings is 1. The molecule has 0 amide bonds. The van der Waals surface area contributed by atoms with E-state index >= 15 is 0 Å². The predicted molar refractivity (Wildman–Crippen MR) is 69.8 cm³/mol. The standard InChI is InChI=1S/C14H19N3/c1-15-12-14-16-9-11-17(14)10-5-8-13-6-3-2-4-7-13/h2-4,6-7,9,11,15H,5,8,10,12H2,1H3. The Morgan fingerprint density at radius 1 is 1.24 bits per heavy atom. The molecule has 0 radical (unpaired) electrons. The van der Waals surface area contributed by atoms with Crippen LogP contribution in [0.15, 0.2) is 42.7 Å². The quantitative estimate of drug-likeness (QED) is 0.823. The Balaban J connectivity index is 1.84. The van der Waals surface area contributed by atoms with Crippen LogP contribution >= 0.6 is 0 Å². The second kappa shape index (κ2) is 6.21. The normalized spacial score (nSPS) is 10.6. The van der Waals surface area contributed by atoms with Gasteiger partial charge in [0.25, 0.3) is 0 Å². The van der Waals surface area contributed by atoms with Gasteiger partial charge in [0.1, 0.15) is 5.82 Å². The molecule has 0 fully saturated rings. The second-order valence-electron chi connectivity index (χ2n) is 4.16. The molecule has 0 unspecified atom stereocenters. The van der Waals surface area contributed by atoms with Gasteiger partial charge < -0.3 is 9.88 Å². The van der Waals surface area contributed by atoms with Gasteiger partial charge in [-0.15, -0.1) is 0 Å². The maximum absolute atomic E-state index is 4.33. The summed E-state index contributed by atoms with van der Waals surface area (Å²) in [5, 5.41) is 3.14. The largest absolute Gasteiger partial charge is 0.334 e. The third-order valence-electron chi connectivity index (χ3n) is 2.84. The lowest BCUT2D eigenvalue weighted by atomic mass is 10.1. The summed E-state index contributed by atoms with van der Waals surface area (Å²) in [4.78, 5) is 4.33. The fraction of sp³-hybridized carbons (Fsp3) is 0.357. The summed E-state index contributed by atoms with van der Waals surface area (Å²) in [6.07, 6.45) is 6.20. The maximum atomic E-state index is 4.33. The van der Waals surface area contributed by atoms with Crippen LogP contribution in [-0.2, 0) is 19.5 Å². The van der Waals surface area contributed by atoms with Crippen LogP contribution in [0.5, 0.6) is 0 Å². The maximum Gasteiger partial charge on any atom is 0.122 e. The lowest BCUT2D eigenvalue weighted by Crippen LogP contribution is -2.12. The van der Waals surface area contributed by atoms with E-state index in [2.05, 4.69) is 51.4 Å². The summed E-state index contributed by atoms with van der Waals surface area (Å²) in [6, 6.07) is 10.6. The van der Waals surface area contributed by atoms with Crippen molar-refractivity contribution in [3.05, 3.63) is 54.1 Å². The first-order chi connectivity index (χ1) is 8.40. The van der Waals surface area contributed by atoms with Crippen LogP contribution in [-0.4, -0.2) is 16.6 Å². The van der Waals surface area contributed by atoms with Gasteiger partial charge in [0.15, 0.2) is 0 Å². The van der Waals surface area contributed by atoms with Gasteiger partial charge in [0.05, 0.1) is 6.54 Å². The zero-order valence-corrected chi connectivity index (χ0v) is 10.3. The van der Waals surface area contributed by atoms with E-state index in [1.54, 1.807) is 0 Å². The molecule has 2 rings (SSSR count). The van der Waals surface area contributed by atoms with E-state index in [1.807, 2.05) is 13.2 Å². The lowest BCUT2D eigenvalue weighted by Gasteiger charge is -2.07. The minimum Gasteiger partial charge on any atom is -0.334 e. The van der Waals surface area contributed by atoms with Crippen LogP contribution in [0, 0.1) is 0 Å². The molecule has 0 atom stereocenters. The Labute approximate surface area is 103 Å². The van der Waals surface area contributed by atoms with Crippen molar-refractivity contribution in [1.82, 2.24) is 14.9 Å². The molecule has 0 saturated heterocycles. The Hall–Kier alpha value is -1.61. The molecule has 2 aromatic rings. The number of aromatic nitrogens is 2. The fourth-order valence-electron chi connectivity index (χ4n) is 1.97. The molecule has 1 aromatic heterocycles. The highest BCUT2D eigenvalue weighted by molar-refractivity contribution is 5.14. The topological polar surface area (TPSA) is 29.9 Å². The van der Waals surface area contributed by atoms with Crippen LogP contribution < -0.4 is 5.32 Å². The molecule has 1 aromatic carbocycles. The first-order valence-electron chi connectivity index (χ1n) is 6.08. The van der Waals surface area contributed by atoms with Crippen molar-refractivity contribution in [2.75, 3.05) is 7.05 Å². The van der Waals surface area contributed by atoms with Gasteiger partial charge in [-0.3, -0.25) is 0 Å². The van der Waals surface area contributed by atoms with Crippen LogP contribution in [0.1, 0.15) is 17.8 Å². The number of hydrogen-bond acceptors (Lipinski definition) is 2. The average molecular weight is 229 g/mol. The third-order valence-corrected chi connectivity index (χ3v) is 2.84.